The molecule has 0 heterocycles. The number of methoxy groups -OCH3 is 2. The topological polar surface area (TPSA) is 47.6 Å². The fourth-order valence-corrected chi connectivity index (χ4v) is 1.69. The van der Waals surface area contributed by atoms with Crippen LogP contribution in [0, 0.1) is 0 Å². The summed E-state index contributed by atoms with van der Waals surface area (Å²) in [7, 11) is 3.12. The van der Waals surface area contributed by atoms with Gasteiger partial charge in [-0.1, -0.05) is 22.6 Å². The van der Waals surface area contributed by atoms with Gasteiger partial charge in [-0.2, -0.15) is 0 Å². The van der Waals surface area contributed by atoms with Gasteiger partial charge < -0.3 is 14.8 Å². The molecule has 1 aromatic carbocycles. The molecule has 1 amide bonds. The number of nitrogens with one attached hydrogen (secondary N) is 1. The number of carbonyl (C=O) groups is 1. The van der Waals surface area contributed by atoms with Crippen LogP contribution in [0.4, 0.5) is 0 Å². The molecule has 1 rings (SSSR count). The lowest BCUT2D eigenvalue weighted by molar-refractivity contribution is 0.0953. The predicted molar refractivity (Wildman–Crippen MR) is 75.4 cm³/mol. The maximum Gasteiger partial charge on any atom is 0.251 e. The molecule has 0 aliphatic carbocycles. The Bertz CT molecular complexity index is 360. The Kier molecular flexibility index (Phi) is 6.10. The molecule has 0 aromatic heterocycles. The molecule has 17 heavy (non-hydrogen) atoms. The summed E-state index contributed by atoms with van der Waals surface area (Å²) in [5.41, 5.74) is 0.551. The fraction of sp³-hybridized carbons (Fsp3) is 0.417. The minimum Gasteiger partial charge on any atom is -0.497 e. The standard InChI is InChI=1S/C12H16INO3/c1-16-10-6-9(7-11(8-10)17-2)12(15)14-5-3-4-13/h6-8H,3-5H2,1-2H3,(H,14,15). The predicted octanol–water partition coefficient (Wildman–Crippen LogP) is 2.26. The number of rotatable bonds is 6. The van der Waals surface area contributed by atoms with Crippen molar-refractivity contribution in [2.75, 3.05) is 25.2 Å². The van der Waals surface area contributed by atoms with E-state index in [-0.39, 0.29) is 5.91 Å². The molecule has 0 aliphatic heterocycles. The smallest absolute Gasteiger partial charge is 0.251 e. The van der Waals surface area contributed by atoms with E-state index in [0.29, 0.717) is 23.6 Å². The van der Waals surface area contributed by atoms with Crippen LogP contribution in [-0.4, -0.2) is 31.1 Å². The van der Waals surface area contributed by atoms with E-state index in [9.17, 15) is 4.79 Å². The van der Waals surface area contributed by atoms with Gasteiger partial charge in [0.05, 0.1) is 14.2 Å². The molecule has 0 bridgehead atoms. The third-order valence-electron chi connectivity index (χ3n) is 2.21. The second-order valence-electron chi connectivity index (χ2n) is 3.40. The number of halogens is 1. The summed E-state index contributed by atoms with van der Waals surface area (Å²) in [5, 5.41) is 2.85. The largest absolute Gasteiger partial charge is 0.497 e. The van der Waals surface area contributed by atoms with Crippen LogP contribution in [0.15, 0.2) is 18.2 Å². The van der Waals surface area contributed by atoms with Crippen molar-refractivity contribution in [3.63, 3.8) is 0 Å². The van der Waals surface area contributed by atoms with Gasteiger partial charge >= 0.3 is 0 Å². The van der Waals surface area contributed by atoms with Gasteiger partial charge in [0.15, 0.2) is 0 Å². The monoisotopic (exact) mass is 349 g/mol. The van der Waals surface area contributed by atoms with E-state index in [1.54, 1.807) is 32.4 Å². The summed E-state index contributed by atoms with van der Waals surface area (Å²) in [5.74, 6) is 1.12. The van der Waals surface area contributed by atoms with Crippen molar-refractivity contribution in [3.05, 3.63) is 23.8 Å². The van der Waals surface area contributed by atoms with Crippen molar-refractivity contribution >= 4 is 28.5 Å². The SMILES string of the molecule is COc1cc(OC)cc(C(=O)NCCCI)c1. The Morgan fingerprint density at radius 2 is 1.82 bits per heavy atom. The highest BCUT2D eigenvalue weighted by atomic mass is 127. The van der Waals surface area contributed by atoms with Crippen LogP contribution in [-0.2, 0) is 0 Å². The summed E-state index contributed by atoms with van der Waals surface area (Å²) in [6.45, 7) is 0.682. The number of alkyl halides is 1. The first-order chi connectivity index (χ1) is 8.21. The first-order valence-corrected chi connectivity index (χ1v) is 6.81. The summed E-state index contributed by atoms with van der Waals surface area (Å²) >= 11 is 2.28. The van der Waals surface area contributed by atoms with Gasteiger partial charge in [-0.25, -0.2) is 0 Å². The van der Waals surface area contributed by atoms with Crippen LogP contribution >= 0.6 is 22.6 Å². The number of hydrogen-bond acceptors (Lipinski definition) is 3. The van der Waals surface area contributed by atoms with Gasteiger partial charge in [-0.3, -0.25) is 4.79 Å². The molecule has 0 atom stereocenters. The second-order valence-corrected chi connectivity index (χ2v) is 4.48. The molecule has 94 valence electrons. The zero-order valence-electron chi connectivity index (χ0n) is 9.96. The molecule has 1 aromatic rings. The van der Waals surface area contributed by atoms with E-state index in [4.69, 9.17) is 9.47 Å². The highest BCUT2D eigenvalue weighted by molar-refractivity contribution is 14.1. The van der Waals surface area contributed by atoms with E-state index in [2.05, 4.69) is 27.9 Å². The molecule has 0 spiro atoms. The molecule has 0 unspecified atom stereocenters. The number of carbonyl (C=O) groups excluding carboxylic acids is 1. The molecule has 4 nitrogen and oxygen atoms in total. The summed E-state index contributed by atoms with van der Waals surface area (Å²) in [6.07, 6.45) is 0.966. The van der Waals surface area contributed by atoms with Crippen molar-refractivity contribution < 1.29 is 14.3 Å². The molecular weight excluding hydrogens is 333 g/mol. The first-order valence-electron chi connectivity index (χ1n) is 5.28. The van der Waals surface area contributed by atoms with E-state index in [0.717, 1.165) is 10.8 Å². The molecule has 0 saturated heterocycles. The Morgan fingerprint density at radius 1 is 1.24 bits per heavy atom. The normalized spacial score (nSPS) is 9.82. The van der Waals surface area contributed by atoms with Gasteiger partial charge in [-0.15, -0.1) is 0 Å². The van der Waals surface area contributed by atoms with Gasteiger partial charge in [0, 0.05) is 22.6 Å². The van der Waals surface area contributed by atoms with Gasteiger partial charge in [0.2, 0.25) is 0 Å². The number of hydrogen-bond donors (Lipinski definition) is 1. The third kappa shape index (κ3) is 4.41. The maximum absolute atomic E-state index is 11.8. The van der Waals surface area contributed by atoms with Crippen LogP contribution in [0.25, 0.3) is 0 Å². The van der Waals surface area contributed by atoms with E-state index in [1.807, 2.05) is 0 Å². The molecule has 0 saturated carbocycles. The summed E-state index contributed by atoms with van der Waals surface area (Å²) in [4.78, 5) is 11.8. The Morgan fingerprint density at radius 3 is 2.29 bits per heavy atom. The molecule has 1 N–H and O–H groups in total. The Balaban J connectivity index is 2.77. The van der Waals surface area contributed by atoms with Crippen LogP contribution in [0.1, 0.15) is 16.8 Å². The first kappa shape index (κ1) is 14.1. The van der Waals surface area contributed by atoms with Crippen LogP contribution < -0.4 is 14.8 Å². The van der Waals surface area contributed by atoms with Crippen LogP contribution in [0.3, 0.4) is 0 Å². The minimum atomic E-state index is -0.105. The zero-order chi connectivity index (χ0) is 12.7. The van der Waals surface area contributed by atoms with Gasteiger partial charge in [0.1, 0.15) is 11.5 Å². The number of ether oxygens (including phenoxy) is 2. The van der Waals surface area contributed by atoms with Crippen molar-refractivity contribution in [1.82, 2.24) is 5.32 Å². The minimum absolute atomic E-state index is 0.105. The quantitative estimate of drug-likeness (QED) is 0.487. The zero-order valence-corrected chi connectivity index (χ0v) is 12.1. The average Bonchev–Trinajstić information content (AvgIpc) is 2.38. The fourth-order valence-electron chi connectivity index (χ4n) is 1.31. The molecule has 5 heteroatoms. The number of amides is 1. The summed E-state index contributed by atoms with van der Waals surface area (Å²) < 4.78 is 11.3. The van der Waals surface area contributed by atoms with E-state index in [1.165, 1.54) is 0 Å². The maximum atomic E-state index is 11.8. The van der Waals surface area contributed by atoms with E-state index >= 15 is 0 Å². The van der Waals surface area contributed by atoms with Gasteiger partial charge in [-0.05, 0) is 18.6 Å². The summed E-state index contributed by atoms with van der Waals surface area (Å²) in [6, 6.07) is 5.13. The number of benzene rings is 1. The van der Waals surface area contributed by atoms with Crippen molar-refractivity contribution in [1.29, 1.82) is 0 Å². The average molecular weight is 349 g/mol. The van der Waals surface area contributed by atoms with Crippen LogP contribution in [0.5, 0.6) is 11.5 Å². The van der Waals surface area contributed by atoms with Crippen molar-refractivity contribution in [2.45, 2.75) is 6.42 Å². The highest BCUT2D eigenvalue weighted by Gasteiger charge is 2.08. The van der Waals surface area contributed by atoms with E-state index < -0.39 is 0 Å². The Labute approximate surface area is 115 Å². The van der Waals surface area contributed by atoms with Crippen LogP contribution in [0.2, 0.25) is 0 Å². The highest BCUT2D eigenvalue weighted by Crippen LogP contribution is 2.22. The van der Waals surface area contributed by atoms with Crippen molar-refractivity contribution in [3.8, 4) is 11.5 Å². The third-order valence-corrected chi connectivity index (χ3v) is 2.97. The molecule has 0 fully saturated rings. The Hall–Kier alpha value is -0.980. The lowest BCUT2D eigenvalue weighted by Gasteiger charge is -2.08. The lowest BCUT2D eigenvalue weighted by atomic mass is 10.2. The molecule has 0 radical (unpaired) electrons. The second kappa shape index (κ2) is 7.37. The molecular formula is C12H16INO3. The van der Waals surface area contributed by atoms with Gasteiger partial charge in [0.25, 0.3) is 5.91 Å². The molecule has 0 aliphatic rings. The van der Waals surface area contributed by atoms with Crippen molar-refractivity contribution in [2.24, 2.45) is 0 Å². The lowest BCUT2D eigenvalue weighted by Crippen LogP contribution is -2.24.